The first-order chi connectivity index (χ1) is 12.3. The number of carboxylic acid groups (broad SMARTS) is 1. The highest BCUT2D eigenvalue weighted by molar-refractivity contribution is 6.33. The summed E-state index contributed by atoms with van der Waals surface area (Å²) in [5.41, 5.74) is 4.65. The fourth-order valence-corrected chi connectivity index (χ4v) is 5.07. The summed E-state index contributed by atoms with van der Waals surface area (Å²) in [5, 5.41) is 9.47. The van der Waals surface area contributed by atoms with Gasteiger partial charge < -0.3 is 9.84 Å². The van der Waals surface area contributed by atoms with Gasteiger partial charge in [0.15, 0.2) is 0 Å². The Kier molecular flexibility index (Phi) is 5.50. The maximum Gasteiger partial charge on any atom is 0.337 e. The van der Waals surface area contributed by atoms with E-state index in [1.54, 1.807) is 30.4 Å². The van der Waals surface area contributed by atoms with Gasteiger partial charge in [-0.3, -0.25) is 0 Å². The van der Waals surface area contributed by atoms with Crippen LogP contribution in [-0.4, -0.2) is 18.2 Å². The second kappa shape index (κ2) is 7.36. The van der Waals surface area contributed by atoms with E-state index >= 15 is 0 Å². The second-order valence-electron chi connectivity index (χ2n) is 8.45. The topological polar surface area (TPSA) is 46.5 Å². The Morgan fingerprint density at radius 1 is 1.31 bits per heavy atom. The number of halogens is 1. The summed E-state index contributed by atoms with van der Waals surface area (Å²) in [6.07, 6.45) is 5.79. The van der Waals surface area contributed by atoms with E-state index in [2.05, 4.69) is 20.8 Å². The normalized spacial score (nSPS) is 26.3. The Labute approximate surface area is 161 Å². The molecule has 2 aliphatic carbocycles. The molecule has 142 valence electrons. The number of benzene rings is 1. The van der Waals surface area contributed by atoms with Gasteiger partial charge in [-0.05, 0) is 67.1 Å². The van der Waals surface area contributed by atoms with Crippen molar-refractivity contribution in [3.63, 3.8) is 0 Å². The van der Waals surface area contributed by atoms with E-state index < -0.39 is 5.97 Å². The lowest BCUT2D eigenvalue weighted by Crippen LogP contribution is -2.33. The number of aromatic carboxylic acids is 1. The van der Waals surface area contributed by atoms with Crippen molar-refractivity contribution in [2.75, 3.05) is 7.11 Å². The highest BCUT2D eigenvalue weighted by Gasteiger charge is 2.40. The lowest BCUT2D eigenvalue weighted by molar-refractivity contribution is 0.0396. The van der Waals surface area contributed by atoms with Crippen molar-refractivity contribution in [3.8, 4) is 0 Å². The van der Waals surface area contributed by atoms with Crippen molar-refractivity contribution in [1.29, 1.82) is 0 Å². The zero-order valence-electron chi connectivity index (χ0n) is 16.1. The molecule has 0 aliphatic heterocycles. The molecule has 3 atom stereocenters. The highest BCUT2D eigenvalue weighted by atomic mass is 35.5. The van der Waals surface area contributed by atoms with Crippen LogP contribution < -0.4 is 0 Å². The standard InChI is InChI=1S/C22H29ClO3/c1-13-5-6-14-7-8-15(11-18(14)22(13,2)3)20(26-4)16-9-10-17(21(24)25)19(23)12-16/h9-10,12-13,15,20H,5-8,11H2,1-4H3,(H,24,25). The van der Waals surface area contributed by atoms with Crippen LogP contribution in [0.3, 0.4) is 0 Å². The molecular formula is C22H29ClO3. The maximum absolute atomic E-state index is 11.2. The van der Waals surface area contributed by atoms with Crippen molar-refractivity contribution in [3.05, 3.63) is 45.5 Å². The Hall–Kier alpha value is -1.32. The molecule has 26 heavy (non-hydrogen) atoms. The molecule has 2 aliphatic rings. The van der Waals surface area contributed by atoms with Crippen LogP contribution in [0.4, 0.5) is 0 Å². The molecule has 0 amide bonds. The number of carboxylic acids is 1. The number of methoxy groups -OCH3 is 1. The predicted molar refractivity (Wildman–Crippen MR) is 105 cm³/mol. The van der Waals surface area contributed by atoms with Crippen LogP contribution in [0.25, 0.3) is 0 Å². The molecular weight excluding hydrogens is 348 g/mol. The first-order valence-electron chi connectivity index (χ1n) is 9.52. The van der Waals surface area contributed by atoms with E-state index in [0.717, 1.165) is 24.8 Å². The minimum Gasteiger partial charge on any atom is -0.478 e. The van der Waals surface area contributed by atoms with Crippen LogP contribution in [0.5, 0.6) is 0 Å². The van der Waals surface area contributed by atoms with Gasteiger partial charge in [0.2, 0.25) is 0 Å². The average molecular weight is 377 g/mol. The molecule has 0 saturated carbocycles. The predicted octanol–water partition coefficient (Wildman–Crippen LogP) is 6.28. The van der Waals surface area contributed by atoms with Gasteiger partial charge in [-0.1, -0.05) is 49.6 Å². The molecule has 0 aromatic heterocycles. The van der Waals surface area contributed by atoms with E-state index in [9.17, 15) is 9.90 Å². The average Bonchev–Trinajstić information content (AvgIpc) is 2.59. The van der Waals surface area contributed by atoms with Gasteiger partial charge in [-0.2, -0.15) is 0 Å². The first kappa shape index (κ1) is 19.4. The molecule has 0 saturated heterocycles. The Morgan fingerprint density at radius 2 is 2.00 bits per heavy atom. The largest absolute Gasteiger partial charge is 0.478 e. The molecule has 4 heteroatoms. The smallest absolute Gasteiger partial charge is 0.337 e. The van der Waals surface area contributed by atoms with E-state index in [1.807, 2.05) is 6.07 Å². The molecule has 0 radical (unpaired) electrons. The van der Waals surface area contributed by atoms with Crippen molar-refractivity contribution in [2.45, 2.75) is 59.0 Å². The van der Waals surface area contributed by atoms with Crippen LogP contribution >= 0.6 is 11.6 Å². The lowest BCUT2D eigenvalue weighted by Gasteiger charge is -2.45. The number of hydrogen-bond acceptors (Lipinski definition) is 2. The third-order valence-electron chi connectivity index (χ3n) is 6.83. The number of rotatable bonds is 4. The fourth-order valence-electron chi connectivity index (χ4n) is 4.80. The van der Waals surface area contributed by atoms with Gasteiger partial charge in [-0.25, -0.2) is 4.79 Å². The van der Waals surface area contributed by atoms with Gasteiger partial charge in [-0.15, -0.1) is 0 Å². The summed E-state index contributed by atoms with van der Waals surface area (Å²) in [7, 11) is 1.74. The van der Waals surface area contributed by atoms with Gasteiger partial charge >= 0.3 is 5.97 Å². The van der Waals surface area contributed by atoms with Crippen LogP contribution in [0.15, 0.2) is 29.3 Å². The fraction of sp³-hybridized carbons (Fsp3) is 0.591. The van der Waals surface area contributed by atoms with E-state index in [1.165, 1.54) is 12.8 Å². The third kappa shape index (κ3) is 3.44. The van der Waals surface area contributed by atoms with Crippen molar-refractivity contribution < 1.29 is 14.6 Å². The molecule has 3 nitrogen and oxygen atoms in total. The summed E-state index contributed by atoms with van der Waals surface area (Å²) < 4.78 is 5.88. The number of ether oxygens (including phenoxy) is 1. The van der Waals surface area contributed by atoms with E-state index in [0.29, 0.717) is 11.8 Å². The number of carbonyl (C=O) groups is 1. The Morgan fingerprint density at radius 3 is 2.62 bits per heavy atom. The maximum atomic E-state index is 11.2. The van der Waals surface area contributed by atoms with Gasteiger partial charge in [0.1, 0.15) is 0 Å². The molecule has 0 heterocycles. The molecule has 1 aromatic rings. The van der Waals surface area contributed by atoms with Gasteiger partial charge in [0.25, 0.3) is 0 Å². The number of hydrogen-bond donors (Lipinski definition) is 1. The Bertz CT molecular complexity index is 735. The lowest BCUT2D eigenvalue weighted by atomic mass is 9.60. The van der Waals surface area contributed by atoms with Crippen molar-refractivity contribution in [1.82, 2.24) is 0 Å². The third-order valence-corrected chi connectivity index (χ3v) is 7.15. The molecule has 3 unspecified atom stereocenters. The van der Waals surface area contributed by atoms with Crippen LogP contribution in [0.1, 0.15) is 74.9 Å². The SMILES string of the molecule is COC(c1ccc(C(=O)O)c(Cl)c1)C1CCC2=C(C1)C(C)(C)C(C)CC2. The summed E-state index contributed by atoms with van der Waals surface area (Å²) in [6, 6.07) is 5.20. The zero-order valence-corrected chi connectivity index (χ0v) is 16.9. The minimum atomic E-state index is -0.999. The summed E-state index contributed by atoms with van der Waals surface area (Å²) in [6.45, 7) is 7.13. The molecule has 1 N–H and O–H groups in total. The van der Waals surface area contributed by atoms with Gasteiger partial charge in [0, 0.05) is 7.11 Å². The van der Waals surface area contributed by atoms with Crippen molar-refractivity contribution in [2.24, 2.45) is 17.3 Å². The van der Waals surface area contributed by atoms with Gasteiger partial charge in [0.05, 0.1) is 16.7 Å². The van der Waals surface area contributed by atoms with Crippen molar-refractivity contribution >= 4 is 17.6 Å². The molecule has 1 aromatic carbocycles. The second-order valence-corrected chi connectivity index (χ2v) is 8.85. The molecule has 0 spiro atoms. The summed E-state index contributed by atoms with van der Waals surface area (Å²) in [4.78, 5) is 11.2. The summed E-state index contributed by atoms with van der Waals surface area (Å²) >= 11 is 6.19. The first-order valence-corrected chi connectivity index (χ1v) is 9.90. The molecule has 0 fully saturated rings. The monoisotopic (exact) mass is 376 g/mol. The Balaban J connectivity index is 1.87. The van der Waals surface area contributed by atoms with Crippen LogP contribution in [0.2, 0.25) is 5.02 Å². The van der Waals surface area contributed by atoms with Crippen LogP contribution in [0, 0.1) is 17.3 Å². The highest BCUT2D eigenvalue weighted by Crippen LogP contribution is 2.52. The van der Waals surface area contributed by atoms with Crippen LogP contribution in [-0.2, 0) is 4.74 Å². The summed E-state index contributed by atoms with van der Waals surface area (Å²) in [5.74, 6) is 0.0984. The van der Waals surface area contributed by atoms with E-state index in [4.69, 9.17) is 16.3 Å². The number of allylic oxidation sites excluding steroid dienone is 2. The zero-order chi connectivity index (χ0) is 19.1. The molecule has 0 bridgehead atoms. The minimum absolute atomic E-state index is 0.0579. The quantitative estimate of drug-likeness (QED) is 0.629. The molecule has 3 rings (SSSR count). The van der Waals surface area contributed by atoms with E-state index in [-0.39, 0.29) is 22.1 Å².